The Hall–Kier alpha value is -2.58. The zero-order valence-corrected chi connectivity index (χ0v) is 16.9. The van der Waals surface area contributed by atoms with E-state index in [1.165, 1.54) is 21.9 Å². The normalized spacial score (nSPS) is 17.2. The number of rotatable bonds is 5. The first kappa shape index (κ1) is 18.8. The summed E-state index contributed by atoms with van der Waals surface area (Å²) in [5.41, 5.74) is 2.47. The van der Waals surface area contributed by atoms with Gasteiger partial charge in [0.1, 0.15) is 5.37 Å². The van der Waals surface area contributed by atoms with Gasteiger partial charge in [-0.15, -0.1) is 11.8 Å². The highest BCUT2D eigenvalue weighted by Gasteiger charge is 2.36. The fourth-order valence-electron chi connectivity index (χ4n) is 3.17. The van der Waals surface area contributed by atoms with Crippen molar-refractivity contribution in [3.8, 4) is 0 Å². The highest BCUT2D eigenvalue weighted by molar-refractivity contribution is 8.00. The van der Waals surface area contributed by atoms with Gasteiger partial charge in [0, 0.05) is 25.1 Å². The first-order valence-corrected chi connectivity index (χ1v) is 11.3. The van der Waals surface area contributed by atoms with E-state index in [2.05, 4.69) is 4.98 Å². The fraction of sp³-hybridized carbons (Fsp3) is 0.200. The van der Waals surface area contributed by atoms with E-state index in [1.807, 2.05) is 19.1 Å². The van der Waals surface area contributed by atoms with Gasteiger partial charge in [0.2, 0.25) is 5.91 Å². The summed E-state index contributed by atoms with van der Waals surface area (Å²) in [5, 5.41) is -0.372. The average Bonchev–Trinajstić information content (AvgIpc) is 3.31. The van der Waals surface area contributed by atoms with Crippen LogP contribution < -0.4 is 0 Å². The Labute approximate surface area is 168 Å². The van der Waals surface area contributed by atoms with Crippen molar-refractivity contribution in [3.05, 3.63) is 83.9 Å². The molecule has 4 rings (SSSR count). The van der Waals surface area contributed by atoms with Crippen LogP contribution in [0.15, 0.2) is 72.0 Å². The number of thioether (sulfide) groups is 1. The number of carbonyl (C=O) groups excluding carboxylic acids is 1. The minimum absolute atomic E-state index is 0.0145. The molecule has 1 saturated heterocycles. The first-order valence-electron chi connectivity index (χ1n) is 8.76. The molecule has 0 spiro atoms. The standard InChI is InChI=1S/C20H19N3O3S2/c1-15-6-8-17(9-7-15)28(25,26)23-11-3-5-18(23)20-22(19(24)14-27-20)13-16-4-2-10-21-12-16/h2-12,20H,13-14H2,1H3. The average molecular weight is 414 g/mol. The van der Waals surface area contributed by atoms with Crippen molar-refractivity contribution in [2.24, 2.45) is 0 Å². The van der Waals surface area contributed by atoms with E-state index >= 15 is 0 Å². The third-order valence-corrected chi connectivity index (χ3v) is 7.56. The van der Waals surface area contributed by atoms with Gasteiger partial charge in [0.05, 0.1) is 16.3 Å². The van der Waals surface area contributed by atoms with Gasteiger partial charge in [-0.25, -0.2) is 12.4 Å². The quantitative estimate of drug-likeness (QED) is 0.642. The molecular weight excluding hydrogens is 394 g/mol. The fourth-order valence-corrected chi connectivity index (χ4v) is 5.82. The molecule has 0 N–H and O–H groups in total. The molecule has 28 heavy (non-hydrogen) atoms. The van der Waals surface area contributed by atoms with Crippen molar-refractivity contribution in [2.45, 2.75) is 23.7 Å². The summed E-state index contributed by atoms with van der Waals surface area (Å²) < 4.78 is 27.6. The number of benzene rings is 1. The number of amides is 1. The van der Waals surface area contributed by atoms with Crippen LogP contribution in [0.3, 0.4) is 0 Å². The third-order valence-electron chi connectivity index (χ3n) is 4.62. The molecule has 144 valence electrons. The zero-order chi connectivity index (χ0) is 19.7. The molecule has 1 aromatic carbocycles. The maximum absolute atomic E-state index is 13.2. The second-order valence-corrected chi connectivity index (χ2v) is 9.48. The molecule has 1 atom stereocenters. The number of hydrogen-bond donors (Lipinski definition) is 0. The number of aromatic nitrogens is 2. The van der Waals surface area contributed by atoms with Gasteiger partial charge in [-0.05, 0) is 42.8 Å². The summed E-state index contributed by atoms with van der Waals surface area (Å²) >= 11 is 1.43. The third kappa shape index (κ3) is 3.45. The van der Waals surface area contributed by atoms with Gasteiger partial charge in [0.15, 0.2) is 0 Å². The molecule has 6 nitrogen and oxygen atoms in total. The lowest BCUT2D eigenvalue weighted by atomic mass is 10.2. The van der Waals surface area contributed by atoms with E-state index in [9.17, 15) is 13.2 Å². The van der Waals surface area contributed by atoms with Crippen molar-refractivity contribution < 1.29 is 13.2 Å². The van der Waals surface area contributed by atoms with Crippen LogP contribution in [0.1, 0.15) is 22.2 Å². The lowest BCUT2D eigenvalue weighted by Crippen LogP contribution is -2.29. The monoisotopic (exact) mass is 413 g/mol. The van der Waals surface area contributed by atoms with Crippen LogP contribution in [0, 0.1) is 6.92 Å². The Bertz CT molecular complexity index is 1090. The molecule has 0 radical (unpaired) electrons. The predicted octanol–water partition coefficient (Wildman–Crippen LogP) is 3.20. The summed E-state index contributed by atoms with van der Waals surface area (Å²) in [7, 11) is -3.74. The minimum atomic E-state index is -3.74. The van der Waals surface area contributed by atoms with Crippen LogP contribution in [0.5, 0.6) is 0 Å². The number of nitrogens with zero attached hydrogens (tertiary/aromatic N) is 3. The predicted molar refractivity (Wildman–Crippen MR) is 108 cm³/mol. The Balaban J connectivity index is 1.69. The second-order valence-electron chi connectivity index (χ2n) is 6.59. The topological polar surface area (TPSA) is 72.3 Å². The van der Waals surface area contributed by atoms with Gasteiger partial charge in [-0.1, -0.05) is 23.8 Å². The van der Waals surface area contributed by atoms with E-state index < -0.39 is 10.0 Å². The van der Waals surface area contributed by atoms with Crippen molar-refractivity contribution in [3.63, 3.8) is 0 Å². The molecule has 3 aromatic rings. The first-order chi connectivity index (χ1) is 13.5. The number of hydrogen-bond acceptors (Lipinski definition) is 5. The summed E-state index contributed by atoms with van der Waals surface area (Å²) in [4.78, 5) is 18.5. The van der Waals surface area contributed by atoms with Crippen LogP contribution in [0.2, 0.25) is 0 Å². The summed E-state index contributed by atoms with van der Waals surface area (Å²) in [6.07, 6.45) is 4.94. The molecule has 1 fully saturated rings. The van der Waals surface area contributed by atoms with E-state index in [0.29, 0.717) is 18.0 Å². The summed E-state index contributed by atoms with van der Waals surface area (Å²) in [6.45, 7) is 2.30. The molecule has 1 unspecified atom stereocenters. The summed E-state index contributed by atoms with van der Waals surface area (Å²) in [5.74, 6) is 0.306. The Kier molecular flexibility index (Phi) is 4.99. The number of aryl methyl sites for hydroxylation is 1. The van der Waals surface area contributed by atoms with Gasteiger partial charge in [-0.3, -0.25) is 9.78 Å². The smallest absolute Gasteiger partial charge is 0.267 e. The SMILES string of the molecule is Cc1ccc(S(=O)(=O)n2cccc2C2SCC(=O)N2Cc2cccnc2)cc1. The molecule has 0 bridgehead atoms. The lowest BCUT2D eigenvalue weighted by Gasteiger charge is -2.25. The molecule has 0 saturated carbocycles. The van der Waals surface area contributed by atoms with Gasteiger partial charge < -0.3 is 4.90 Å². The van der Waals surface area contributed by atoms with Gasteiger partial charge in [0.25, 0.3) is 10.0 Å². The van der Waals surface area contributed by atoms with Gasteiger partial charge >= 0.3 is 0 Å². The molecule has 1 aliphatic rings. The molecular formula is C20H19N3O3S2. The zero-order valence-electron chi connectivity index (χ0n) is 15.2. The van der Waals surface area contributed by atoms with Crippen LogP contribution in [-0.4, -0.2) is 33.9 Å². The van der Waals surface area contributed by atoms with Crippen molar-refractivity contribution in [2.75, 3.05) is 5.75 Å². The van der Waals surface area contributed by atoms with Crippen LogP contribution in [-0.2, 0) is 21.4 Å². The second kappa shape index (κ2) is 7.44. The highest BCUT2D eigenvalue weighted by Crippen LogP contribution is 2.40. The minimum Gasteiger partial charge on any atom is -0.320 e. The molecule has 1 aliphatic heterocycles. The van der Waals surface area contributed by atoms with E-state index in [4.69, 9.17) is 0 Å². The molecule has 0 aliphatic carbocycles. The van der Waals surface area contributed by atoms with Crippen LogP contribution in [0.4, 0.5) is 0 Å². The molecule has 3 heterocycles. The maximum atomic E-state index is 13.2. The van der Waals surface area contributed by atoms with Crippen molar-refractivity contribution >= 4 is 27.7 Å². The van der Waals surface area contributed by atoms with Crippen molar-refractivity contribution in [1.82, 2.24) is 13.9 Å². The molecule has 8 heteroatoms. The van der Waals surface area contributed by atoms with E-state index in [-0.39, 0.29) is 16.2 Å². The Morgan fingerprint density at radius 3 is 2.64 bits per heavy atom. The van der Waals surface area contributed by atoms with Gasteiger partial charge in [-0.2, -0.15) is 0 Å². The highest BCUT2D eigenvalue weighted by atomic mass is 32.2. The maximum Gasteiger partial charge on any atom is 0.267 e. The Morgan fingerprint density at radius 1 is 1.14 bits per heavy atom. The van der Waals surface area contributed by atoms with E-state index in [1.54, 1.807) is 53.7 Å². The van der Waals surface area contributed by atoms with Crippen LogP contribution in [0.25, 0.3) is 0 Å². The lowest BCUT2D eigenvalue weighted by molar-refractivity contribution is -0.128. The molecule has 1 amide bonds. The number of pyridine rings is 1. The van der Waals surface area contributed by atoms with Crippen LogP contribution >= 0.6 is 11.8 Å². The number of carbonyl (C=O) groups is 1. The van der Waals surface area contributed by atoms with E-state index in [0.717, 1.165) is 11.1 Å². The Morgan fingerprint density at radius 2 is 1.93 bits per heavy atom. The summed E-state index contributed by atoms with van der Waals surface area (Å²) in [6, 6.07) is 14.0. The molecule has 2 aromatic heterocycles. The largest absolute Gasteiger partial charge is 0.320 e. The van der Waals surface area contributed by atoms with Crippen molar-refractivity contribution in [1.29, 1.82) is 0 Å².